The number of hydrogen-bond acceptors (Lipinski definition) is 5. The van der Waals surface area contributed by atoms with Gasteiger partial charge in [0, 0.05) is 18.1 Å². The smallest absolute Gasteiger partial charge is 0.325 e. The predicted molar refractivity (Wildman–Crippen MR) is 115 cm³/mol. The predicted octanol–water partition coefficient (Wildman–Crippen LogP) is 3.75. The van der Waals surface area contributed by atoms with Crippen molar-refractivity contribution in [2.45, 2.75) is 23.2 Å². The maximum Gasteiger partial charge on any atom is 0.402 e. The van der Waals surface area contributed by atoms with E-state index in [2.05, 4.69) is 10.3 Å². The van der Waals surface area contributed by atoms with E-state index in [9.17, 15) is 26.4 Å². The number of halogens is 3. The number of hydrogen-bond donors (Lipinski definition) is 2. The fourth-order valence-electron chi connectivity index (χ4n) is 2.72. The maximum atomic E-state index is 12.3. The molecule has 32 heavy (non-hydrogen) atoms. The fourth-order valence-corrected chi connectivity index (χ4v) is 4.50. The minimum absolute atomic E-state index is 0.0517. The molecule has 12 heteroatoms. The molecular formula is C20H19F3N4O3S2. The molecule has 1 heterocycles. The summed E-state index contributed by atoms with van der Waals surface area (Å²) in [6.45, 7) is 0.308. The van der Waals surface area contributed by atoms with Gasteiger partial charge in [0.15, 0.2) is 5.16 Å². The van der Waals surface area contributed by atoms with Crippen LogP contribution in [0.15, 0.2) is 71.0 Å². The third-order valence-corrected chi connectivity index (χ3v) is 6.61. The zero-order valence-corrected chi connectivity index (χ0v) is 18.4. The van der Waals surface area contributed by atoms with Crippen LogP contribution < -0.4 is 10.0 Å². The molecule has 170 valence electrons. The third kappa shape index (κ3) is 6.34. The number of sulfonamides is 1. The SMILES string of the molecule is Cc1ccccc1-n1ccnc1SCC(=O)Nc1ccc(S(=O)(=O)NCC(F)(F)F)cc1. The Labute approximate surface area is 187 Å². The number of aryl methyl sites for hydroxylation is 1. The van der Waals surface area contributed by atoms with E-state index in [1.807, 2.05) is 35.8 Å². The van der Waals surface area contributed by atoms with E-state index in [4.69, 9.17) is 0 Å². The summed E-state index contributed by atoms with van der Waals surface area (Å²) in [5.41, 5.74) is 2.31. The lowest BCUT2D eigenvalue weighted by molar-refractivity contribution is -0.121. The van der Waals surface area contributed by atoms with E-state index in [-0.39, 0.29) is 16.6 Å². The topological polar surface area (TPSA) is 93.1 Å². The van der Waals surface area contributed by atoms with Crippen LogP contribution in [0.5, 0.6) is 0 Å². The summed E-state index contributed by atoms with van der Waals surface area (Å²) in [6.07, 6.45) is -1.22. The number of benzene rings is 2. The Bertz CT molecular complexity index is 1190. The van der Waals surface area contributed by atoms with E-state index in [1.165, 1.54) is 28.6 Å². The first-order valence-corrected chi connectivity index (χ1v) is 11.7. The highest BCUT2D eigenvalue weighted by Gasteiger charge is 2.30. The van der Waals surface area contributed by atoms with Crippen LogP contribution in [-0.4, -0.2) is 42.3 Å². The second kappa shape index (κ2) is 9.76. The van der Waals surface area contributed by atoms with Crippen LogP contribution >= 0.6 is 11.8 Å². The molecule has 0 aliphatic carbocycles. The number of anilines is 1. The molecule has 0 fully saturated rings. The van der Waals surface area contributed by atoms with Crippen LogP contribution in [0.2, 0.25) is 0 Å². The summed E-state index contributed by atoms with van der Waals surface area (Å²) in [5.74, 6) is -0.295. The molecule has 1 amide bonds. The van der Waals surface area contributed by atoms with Crippen molar-refractivity contribution in [3.8, 4) is 5.69 Å². The van der Waals surface area contributed by atoms with Crippen molar-refractivity contribution in [3.63, 3.8) is 0 Å². The third-order valence-electron chi connectivity index (χ3n) is 4.23. The zero-order valence-electron chi connectivity index (χ0n) is 16.8. The largest absolute Gasteiger partial charge is 0.402 e. The van der Waals surface area contributed by atoms with Crippen LogP contribution in [0.3, 0.4) is 0 Å². The number of carbonyl (C=O) groups is 1. The fraction of sp³-hybridized carbons (Fsp3) is 0.200. The van der Waals surface area contributed by atoms with Crippen LogP contribution in [0, 0.1) is 6.92 Å². The minimum atomic E-state index is -4.66. The lowest BCUT2D eigenvalue weighted by Crippen LogP contribution is -2.33. The van der Waals surface area contributed by atoms with E-state index in [0.29, 0.717) is 10.8 Å². The van der Waals surface area contributed by atoms with Gasteiger partial charge in [-0.15, -0.1) is 0 Å². The average molecular weight is 485 g/mol. The van der Waals surface area contributed by atoms with Crippen molar-refractivity contribution < 1.29 is 26.4 Å². The highest BCUT2D eigenvalue weighted by molar-refractivity contribution is 7.99. The Hall–Kier alpha value is -2.83. The highest BCUT2D eigenvalue weighted by Crippen LogP contribution is 2.23. The summed E-state index contributed by atoms with van der Waals surface area (Å²) in [7, 11) is -4.31. The number of amides is 1. The second-order valence-electron chi connectivity index (χ2n) is 6.67. The maximum absolute atomic E-state index is 12.3. The molecule has 1 aromatic heterocycles. The Kier molecular flexibility index (Phi) is 7.26. The molecule has 0 bridgehead atoms. The summed E-state index contributed by atoms with van der Waals surface area (Å²) >= 11 is 1.23. The van der Waals surface area contributed by atoms with Crippen molar-refractivity contribution in [1.29, 1.82) is 0 Å². The van der Waals surface area contributed by atoms with Gasteiger partial charge < -0.3 is 5.32 Å². The van der Waals surface area contributed by atoms with E-state index < -0.39 is 22.7 Å². The average Bonchev–Trinajstić information content (AvgIpc) is 3.19. The van der Waals surface area contributed by atoms with Gasteiger partial charge in [0.05, 0.1) is 16.3 Å². The molecule has 0 saturated carbocycles. The molecular weight excluding hydrogens is 465 g/mol. The Balaban J connectivity index is 1.59. The lowest BCUT2D eigenvalue weighted by Gasteiger charge is -2.11. The number of imidazole rings is 1. The zero-order chi connectivity index (χ0) is 23.4. The number of nitrogens with one attached hydrogen (secondary N) is 2. The number of aromatic nitrogens is 2. The van der Waals surface area contributed by atoms with Crippen LogP contribution in [0.25, 0.3) is 5.69 Å². The number of thioether (sulfide) groups is 1. The summed E-state index contributed by atoms with van der Waals surface area (Å²) < 4.78 is 63.9. The summed E-state index contributed by atoms with van der Waals surface area (Å²) in [4.78, 5) is 16.2. The van der Waals surface area contributed by atoms with Crippen LogP contribution in [-0.2, 0) is 14.8 Å². The van der Waals surface area contributed by atoms with Crippen LogP contribution in [0.1, 0.15) is 5.56 Å². The Morgan fingerprint density at radius 1 is 1.12 bits per heavy atom. The van der Waals surface area contributed by atoms with E-state index in [0.717, 1.165) is 23.4 Å². The molecule has 3 aromatic rings. The molecule has 2 N–H and O–H groups in total. The van der Waals surface area contributed by atoms with Gasteiger partial charge in [-0.3, -0.25) is 9.36 Å². The second-order valence-corrected chi connectivity index (χ2v) is 9.38. The van der Waals surface area contributed by atoms with E-state index in [1.54, 1.807) is 12.4 Å². The van der Waals surface area contributed by atoms with Gasteiger partial charge in [0.25, 0.3) is 0 Å². The number of alkyl halides is 3. The Morgan fingerprint density at radius 3 is 2.47 bits per heavy atom. The molecule has 0 atom stereocenters. The molecule has 0 radical (unpaired) electrons. The van der Waals surface area contributed by atoms with Crippen LogP contribution in [0.4, 0.5) is 18.9 Å². The normalized spacial score (nSPS) is 12.0. The van der Waals surface area contributed by atoms with Gasteiger partial charge in [0.1, 0.15) is 6.54 Å². The van der Waals surface area contributed by atoms with Crippen molar-refractivity contribution in [2.24, 2.45) is 0 Å². The quantitative estimate of drug-likeness (QED) is 0.475. The molecule has 0 saturated heterocycles. The van der Waals surface area contributed by atoms with Crippen molar-refractivity contribution in [1.82, 2.24) is 14.3 Å². The van der Waals surface area contributed by atoms with Gasteiger partial charge >= 0.3 is 6.18 Å². The molecule has 3 rings (SSSR count). The standard InChI is InChI=1S/C20H19F3N4O3S2/c1-14-4-2-3-5-17(14)27-11-10-24-19(27)31-12-18(28)26-15-6-8-16(9-7-15)32(29,30)25-13-20(21,22)23/h2-11,25H,12-13H2,1H3,(H,26,28). The van der Waals surface area contributed by atoms with Crippen molar-refractivity contribution >= 4 is 33.4 Å². The molecule has 2 aromatic carbocycles. The highest BCUT2D eigenvalue weighted by atomic mass is 32.2. The van der Waals surface area contributed by atoms with Gasteiger partial charge in [-0.2, -0.15) is 13.2 Å². The summed E-state index contributed by atoms with van der Waals surface area (Å²) in [6, 6.07) is 12.6. The van der Waals surface area contributed by atoms with Gasteiger partial charge in [-0.1, -0.05) is 30.0 Å². The Morgan fingerprint density at radius 2 is 1.81 bits per heavy atom. The molecule has 0 unspecified atom stereocenters. The number of nitrogens with zero attached hydrogens (tertiary/aromatic N) is 2. The van der Waals surface area contributed by atoms with Crippen molar-refractivity contribution in [3.05, 3.63) is 66.5 Å². The lowest BCUT2D eigenvalue weighted by atomic mass is 10.2. The monoisotopic (exact) mass is 484 g/mol. The molecule has 0 aliphatic rings. The van der Waals surface area contributed by atoms with Gasteiger partial charge in [0.2, 0.25) is 15.9 Å². The van der Waals surface area contributed by atoms with E-state index >= 15 is 0 Å². The van der Waals surface area contributed by atoms with Gasteiger partial charge in [-0.25, -0.2) is 18.1 Å². The first-order chi connectivity index (χ1) is 15.0. The van der Waals surface area contributed by atoms with Crippen molar-refractivity contribution in [2.75, 3.05) is 17.6 Å². The summed E-state index contributed by atoms with van der Waals surface area (Å²) in [5, 5.41) is 3.25. The first-order valence-electron chi connectivity index (χ1n) is 9.24. The van der Waals surface area contributed by atoms with Gasteiger partial charge in [-0.05, 0) is 42.8 Å². The number of rotatable bonds is 8. The number of para-hydroxylation sites is 1. The molecule has 0 aliphatic heterocycles. The first kappa shape index (κ1) is 23.8. The molecule has 0 spiro atoms. The number of carbonyl (C=O) groups excluding carboxylic acids is 1. The minimum Gasteiger partial charge on any atom is -0.325 e. The molecule has 7 nitrogen and oxygen atoms in total.